The Morgan fingerprint density at radius 3 is 2.63 bits per heavy atom. The molecule has 0 aliphatic rings. The standard InChI is InChI=1S/C12H23N5O2/c1-9(2)4-6-19-7-5-14-11-10(18-3)12(17-13)16-8-15-11/h8-9H,4-7,13H2,1-3H3,(H2,14,15,16,17). The third kappa shape index (κ3) is 5.27. The van der Waals surface area contributed by atoms with E-state index in [9.17, 15) is 0 Å². The van der Waals surface area contributed by atoms with Gasteiger partial charge >= 0.3 is 0 Å². The van der Waals surface area contributed by atoms with Gasteiger partial charge in [0.25, 0.3) is 0 Å². The van der Waals surface area contributed by atoms with Crippen LogP contribution in [0.1, 0.15) is 20.3 Å². The maximum absolute atomic E-state index is 5.51. The molecule has 0 fully saturated rings. The Kier molecular flexibility index (Phi) is 6.91. The molecule has 0 spiro atoms. The zero-order valence-electron chi connectivity index (χ0n) is 11.8. The zero-order chi connectivity index (χ0) is 14.1. The highest BCUT2D eigenvalue weighted by atomic mass is 16.5. The molecule has 1 aromatic rings. The number of rotatable bonds is 9. The van der Waals surface area contributed by atoms with Gasteiger partial charge in [-0.2, -0.15) is 0 Å². The highest BCUT2D eigenvalue weighted by molar-refractivity contribution is 5.62. The lowest BCUT2D eigenvalue weighted by molar-refractivity contribution is 0.132. The van der Waals surface area contributed by atoms with Crippen LogP contribution >= 0.6 is 0 Å². The average molecular weight is 269 g/mol. The number of nitrogens with zero attached hydrogens (tertiary/aromatic N) is 2. The van der Waals surface area contributed by atoms with Gasteiger partial charge in [0.1, 0.15) is 6.33 Å². The Morgan fingerprint density at radius 1 is 1.26 bits per heavy atom. The Morgan fingerprint density at radius 2 is 2.00 bits per heavy atom. The van der Waals surface area contributed by atoms with Crippen molar-refractivity contribution in [2.45, 2.75) is 20.3 Å². The number of nitrogens with one attached hydrogen (secondary N) is 2. The largest absolute Gasteiger partial charge is 0.490 e. The van der Waals surface area contributed by atoms with Gasteiger partial charge in [-0.1, -0.05) is 13.8 Å². The zero-order valence-corrected chi connectivity index (χ0v) is 11.8. The maximum atomic E-state index is 5.51. The molecule has 4 N–H and O–H groups in total. The van der Waals surface area contributed by atoms with E-state index >= 15 is 0 Å². The van der Waals surface area contributed by atoms with Crippen LogP contribution in [-0.4, -0.2) is 36.8 Å². The molecule has 0 bridgehead atoms. The lowest BCUT2D eigenvalue weighted by Crippen LogP contribution is -2.15. The fourth-order valence-electron chi connectivity index (χ4n) is 1.46. The summed E-state index contributed by atoms with van der Waals surface area (Å²) in [7, 11) is 1.55. The van der Waals surface area contributed by atoms with Crippen LogP contribution < -0.4 is 21.3 Å². The first-order valence-corrected chi connectivity index (χ1v) is 6.36. The molecular formula is C12H23N5O2. The summed E-state index contributed by atoms with van der Waals surface area (Å²) in [6.45, 7) is 6.39. The molecule has 108 valence electrons. The molecule has 0 amide bonds. The van der Waals surface area contributed by atoms with Crippen molar-refractivity contribution in [3.05, 3.63) is 6.33 Å². The van der Waals surface area contributed by atoms with Gasteiger partial charge in [-0.15, -0.1) is 0 Å². The van der Waals surface area contributed by atoms with Gasteiger partial charge in [0.2, 0.25) is 5.75 Å². The SMILES string of the molecule is COc1c(NN)ncnc1NCCOCCC(C)C. The van der Waals surface area contributed by atoms with E-state index in [4.69, 9.17) is 15.3 Å². The van der Waals surface area contributed by atoms with Crippen molar-refractivity contribution in [3.8, 4) is 5.75 Å². The van der Waals surface area contributed by atoms with E-state index in [1.54, 1.807) is 7.11 Å². The van der Waals surface area contributed by atoms with Gasteiger partial charge in [0.15, 0.2) is 11.6 Å². The second-order valence-electron chi connectivity index (χ2n) is 4.47. The normalized spacial score (nSPS) is 10.6. The van der Waals surface area contributed by atoms with Gasteiger partial charge in [0.05, 0.1) is 13.7 Å². The second kappa shape index (κ2) is 8.49. The number of methoxy groups -OCH3 is 1. The van der Waals surface area contributed by atoms with E-state index < -0.39 is 0 Å². The van der Waals surface area contributed by atoms with Gasteiger partial charge in [-0.25, -0.2) is 15.8 Å². The second-order valence-corrected chi connectivity index (χ2v) is 4.47. The molecule has 7 nitrogen and oxygen atoms in total. The molecule has 0 aliphatic heterocycles. The first kappa shape index (κ1) is 15.5. The summed E-state index contributed by atoms with van der Waals surface area (Å²) in [5.41, 5.74) is 2.46. The Balaban J connectivity index is 2.37. The molecule has 0 atom stereocenters. The molecule has 0 aliphatic carbocycles. The number of ether oxygens (including phenoxy) is 2. The minimum atomic E-state index is 0.445. The number of nitrogens with two attached hydrogens (primary N) is 1. The van der Waals surface area contributed by atoms with E-state index in [0.29, 0.717) is 36.5 Å². The lowest BCUT2D eigenvalue weighted by Gasteiger charge is -2.12. The highest BCUT2D eigenvalue weighted by Gasteiger charge is 2.10. The molecule has 0 radical (unpaired) electrons. The van der Waals surface area contributed by atoms with Crippen molar-refractivity contribution in [2.24, 2.45) is 11.8 Å². The number of hydrogen-bond acceptors (Lipinski definition) is 7. The van der Waals surface area contributed by atoms with Crippen LogP contribution in [0, 0.1) is 5.92 Å². The average Bonchev–Trinajstić information content (AvgIpc) is 2.41. The highest BCUT2D eigenvalue weighted by Crippen LogP contribution is 2.27. The Hall–Kier alpha value is -1.60. The number of hydrogen-bond donors (Lipinski definition) is 3. The first-order chi connectivity index (χ1) is 9.19. The molecule has 19 heavy (non-hydrogen) atoms. The predicted octanol–water partition coefficient (Wildman–Crippen LogP) is 1.25. The van der Waals surface area contributed by atoms with Crippen molar-refractivity contribution in [3.63, 3.8) is 0 Å². The molecule has 0 saturated carbocycles. The predicted molar refractivity (Wildman–Crippen MR) is 75.2 cm³/mol. The van der Waals surface area contributed by atoms with Crippen LogP contribution in [0.5, 0.6) is 5.75 Å². The first-order valence-electron chi connectivity index (χ1n) is 6.36. The van der Waals surface area contributed by atoms with E-state index in [1.807, 2.05) is 0 Å². The molecule has 7 heteroatoms. The summed E-state index contributed by atoms with van der Waals surface area (Å²) in [4.78, 5) is 8.07. The summed E-state index contributed by atoms with van der Waals surface area (Å²) >= 11 is 0. The van der Waals surface area contributed by atoms with Gasteiger partial charge < -0.3 is 20.2 Å². The molecule has 0 aromatic carbocycles. The minimum Gasteiger partial charge on any atom is -0.490 e. The molecule has 1 aromatic heterocycles. The number of anilines is 2. The fourth-order valence-corrected chi connectivity index (χ4v) is 1.46. The number of hydrazine groups is 1. The Labute approximate surface area is 113 Å². The van der Waals surface area contributed by atoms with Crippen molar-refractivity contribution in [1.82, 2.24) is 9.97 Å². The molecular weight excluding hydrogens is 246 g/mol. The van der Waals surface area contributed by atoms with E-state index in [-0.39, 0.29) is 0 Å². The lowest BCUT2D eigenvalue weighted by atomic mass is 10.1. The van der Waals surface area contributed by atoms with Crippen LogP contribution in [-0.2, 0) is 4.74 Å². The summed E-state index contributed by atoms with van der Waals surface area (Å²) in [5.74, 6) is 7.54. The van der Waals surface area contributed by atoms with Gasteiger partial charge in [-0.05, 0) is 12.3 Å². The van der Waals surface area contributed by atoms with Crippen LogP contribution in [0.25, 0.3) is 0 Å². The summed E-state index contributed by atoms with van der Waals surface area (Å²) in [6.07, 6.45) is 2.48. The van der Waals surface area contributed by atoms with E-state index in [1.165, 1.54) is 6.33 Å². The fraction of sp³-hybridized carbons (Fsp3) is 0.667. The van der Waals surface area contributed by atoms with Crippen LogP contribution in [0.15, 0.2) is 6.33 Å². The minimum absolute atomic E-state index is 0.445. The van der Waals surface area contributed by atoms with Crippen LogP contribution in [0.3, 0.4) is 0 Å². The van der Waals surface area contributed by atoms with Crippen LogP contribution in [0.2, 0.25) is 0 Å². The number of aromatic nitrogens is 2. The molecule has 1 rings (SSSR count). The summed E-state index contributed by atoms with van der Waals surface area (Å²) < 4.78 is 10.7. The monoisotopic (exact) mass is 269 g/mol. The summed E-state index contributed by atoms with van der Waals surface area (Å²) in [6, 6.07) is 0. The Bertz CT molecular complexity index is 373. The maximum Gasteiger partial charge on any atom is 0.205 e. The van der Waals surface area contributed by atoms with Gasteiger partial charge in [-0.3, -0.25) is 0 Å². The third-order valence-electron chi connectivity index (χ3n) is 2.52. The van der Waals surface area contributed by atoms with Crippen molar-refractivity contribution >= 4 is 11.6 Å². The summed E-state index contributed by atoms with van der Waals surface area (Å²) in [5, 5.41) is 3.13. The molecule has 1 heterocycles. The van der Waals surface area contributed by atoms with Crippen molar-refractivity contribution in [2.75, 3.05) is 37.6 Å². The van der Waals surface area contributed by atoms with Gasteiger partial charge in [0, 0.05) is 13.2 Å². The molecule has 0 unspecified atom stereocenters. The molecule has 0 saturated heterocycles. The van der Waals surface area contributed by atoms with E-state index in [2.05, 4.69) is 34.6 Å². The van der Waals surface area contributed by atoms with E-state index in [0.717, 1.165) is 13.0 Å². The van der Waals surface area contributed by atoms with Crippen molar-refractivity contribution < 1.29 is 9.47 Å². The third-order valence-corrected chi connectivity index (χ3v) is 2.52. The van der Waals surface area contributed by atoms with Crippen LogP contribution in [0.4, 0.5) is 11.6 Å². The topological polar surface area (TPSA) is 94.3 Å². The number of nitrogen functional groups attached to an aromatic ring is 1. The smallest absolute Gasteiger partial charge is 0.205 e. The quantitative estimate of drug-likeness (QED) is 0.353. The van der Waals surface area contributed by atoms with Crippen molar-refractivity contribution in [1.29, 1.82) is 0 Å².